The standard InChI is InChI=1S/C23H22F2N4O3S/c1-3-8-33(30,31)29-17-7-6-16(24)19(21(17)25)15-9-13-11-26-23-20(14(13)10-18(15)32-2)22(27-28-23)12-4-5-12/h6-7,9-12,29H,3-5,8H2,1-2H3,(H,26,27,28). The largest absolute Gasteiger partial charge is 0.496 e. The number of nitrogens with one attached hydrogen (secondary N) is 2. The lowest BCUT2D eigenvalue weighted by Gasteiger charge is -2.15. The fourth-order valence-corrected chi connectivity index (χ4v) is 5.28. The number of rotatable bonds is 7. The van der Waals surface area contributed by atoms with Crippen LogP contribution in [0.5, 0.6) is 5.75 Å². The number of benzene rings is 2. The molecule has 0 unspecified atom stereocenters. The molecule has 0 radical (unpaired) electrons. The molecule has 7 nitrogen and oxygen atoms in total. The third kappa shape index (κ3) is 3.78. The van der Waals surface area contributed by atoms with Crippen LogP contribution in [0.3, 0.4) is 0 Å². The van der Waals surface area contributed by atoms with E-state index in [4.69, 9.17) is 4.74 Å². The number of anilines is 1. The van der Waals surface area contributed by atoms with E-state index in [-0.39, 0.29) is 28.3 Å². The molecular formula is C23H22F2N4O3S. The molecule has 2 aromatic heterocycles. The zero-order valence-electron chi connectivity index (χ0n) is 18.1. The van der Waals surface area contributed by atoms with Crippen molar-refractivity contribution in [3.05, 3.63) is 47.8 Å². The van der Waals surface area contributed by atoms with Crippen molar-refractivity contribution in [2.24, 2.45) is 0 Å². The summed E-state index contributed by atoms with van der Waals surface area (Å²) in [4.78, 5) is 4.40. The van der Waals surface area contributed by atoms with E-state index >= 15 is 4.39 Å². The van der Waals surface area contributed by atoms with Gasteiger partial charge in [-0.05, 0) is 48.9 Å². The van der Waals surface area contributed by atoms with Crippen LogP contribution in [0, 0.1) is 11.6 Å². The van der Waals surface area contributed by atoms with E-state index < -0.39 is 21.7 Å². The zero-order valence-corrected chi connectivity index (χ0v) is 18.9. The van der Waals surface area contributed by atoms with Crippen LogP contribution in [-0.2, 0) is 10.0 Å². The number of halogens is 2. The molecule has 4 aromatic rings. The van der Waals surface area contributed by atoms with E-state index in [0.29, 0.717) is 23.4 Å². The van der Waals surface area contributed by atoms with Crippen LogP contribution < -0.4 is 9.46 Å². The van der Waals surface area contributed by atoms with Gasteiger partial charge in [-0.25, -0.2) is 22.2 Å². The van der Waals surface area contributed by atoms with Gasteiger partial charge < -0.3 is 4.74 Å². The van der Waals surface area contributed by atoms with E-state index in [1.807, 2.05) is 0 Å². The molecule has 1 saturated carbocycles. The quantitative estimate of drug-likeness (QED) is 0.390. The van der Waals surface area contributed by atoms with Gasteiger partial charge in [0.1, 0.15) is 11.6 Å². The molecule has 1 fully saturated rings. The van der Waals surface area contributed by atoms with Gasteiger partial charge in [-0.3, -0.25) is 9.82 Å². The van der Waals surface area contributed by atoms with Gasteiger partial charge in [-0.2, -0.15) is 5.10 Å². The van der Waals surface area contributed by atoms with E-state index in [1.54, 1.807) is 25.3 Å². The summed E-state index contributed by atoms with van der Waals surface area (Å²) in [5.41, 5.74) is 1.04. The highest BCUT2D eigenvalue weighted by Crippen LogP contribution is 2.45. The first-order valence-electron chi connectivity index (χ1n) is 10.7. The molecule has 5 rings (SSSR count). The summed E-state index contributed by atoms with van der Waals surface area (Å²) < 4.78 is 62.4. The maximum Gasteiger partial charge on any atom is 0.232 e. The fourth-order valence-electron chi connectivity index (χ4n) is 4.15. The van der Waals surface area contributed by atoms with Crippen LogP contribution in [0.25, 0.3) is 32.9 Å². The summed E-state index contributed by atoms with van der Waals surface area (Å²) in [5, 5.41) is 9.72. The lowest BCUT2D eigenvalue weighted by atomic mass is 9.97. The molecule has 1 aliphatic carbocycles. The Hall–Kier alpha value is -3.27. The highest BCUT2D eigenvalue weighted by Gasteiger charge is 2.29. The molecule has 0 atom stereocenters. The summed E-state index contributed by atoms with van der Waals surface area (Å²) in [6, 6.07) is 5.45. The van der Waals surface area contributed by atoms with Crippen molar-refractivity contribution in [1.82, 2.24) is 15.2 Å². The Labute approximate surface area is 189 Å². The molecule has 2 aromatic carbocycles. The number of aromatic amines is 1. The number of methoxy groups -OCH3 is 1. The van der Waals surface area contributed by atoms with E-state index in [1.165, 1.54) is 7.11 Å². The molecule has 1 aliphatic rings. The van der Waals surface area contributed by atoms with E-state index in [2.05, 4.69) is 19.9 Å². The third-order valence-corrected chi connectivity index (χ3v) is 7.30. The Morgan fingerprint density at radius 2 is 2.03 bits per heavy atom. The van der Waals surface area contributed by atoms with Crippen LogP contribution >= 0.6 is 0 Å². The summed E-state index contributed by atoms with van der Waals surface area (Å²) in [7, 11) is -2.34. The molecule has 0 spiro atoms. The van der Waals surface area contributed by atoms with E-state index in [0.717, 1.165) is 41.4 Å². The van der Waals surface area contributed by atoms with Crippen molar-refractivity contribution in [1.29, 1.82) is 0 Å². The maximum absolute atomic E-state index is 15.4. The van der Waals surface area contributed by atoms with Crippen molar-refractivity contribution in [2.45, 2.75) is 32.1 Å². The monoisotopic (exact) mass is 472 g/mol. The maximum atomic E-state index is 15.4. The van der Waals surface area contributed by atoms with Crippen LogP contribution in [0.15, 0.2) is 30.5 Å². The minimum atomic E-state index is -3.76. The lowest BCUT2D eigenvalue weighted by molar-refractivity contribution is 0.416. The first-order chi connectivity index (χ1) is 15.8. The molecular weight excluding hydrogens is 450 g/mol. The summed E-state index contributed by atoms with van der Waals surface area (Å²) in [6.07, 6.45) is 4.10. The summed E-state index contributed by atoms with van der Waals surface area (Å²) in [6.45, 7) is 1.70. The minimum absolute atomic E-state index is 0.161. The molecule has 0 saturated heterocycles. The predicted molar refractivity (Wildman–Crippen MR) is 123 cm³/mol. The van der Waals surface area contributed by atoms with E-state index in [9.17, 15) is 12.8 Å². The summed E-state index contributed by atoms with van der Waals surface area (Å²) in [5.74, 6) is -1.36. The Balaban J connectivity index is 1.71. The number of pyridine rings is 1. The smallest absolute Gasteiger partial charge is 0.232 e. The molecule has 2 N–H and O–H groups in total. The Bertz CT molecular complexity index is 1500. The Morgan fingerprint density at radius 3 is 2.73 bits per heavy atom. The topological polar surface area (TPSA) is 97.0 Å². The van der Waals surface area contributed by atoms with Gasteiger partial charge in [0, 0.05) is 28.8 Å². The van der Waals surface area contributed by atoms with Crippen LogP contribution in [0.2, 0.25) is 0 Å². The molecule has 172 valence electrons. The molecule has 10 heteroatoms. The van der Waals surface area contributed by atoms with Gasteiger partial charge in [-0.1, -0.05) is 6.92 Å². The number of hydrogen-bond acceptors (Lipinski definition) is 5. The van der Waals surface area contributed by atoms with Crippen LogP contribution in [-0.4, -0.2) is 36.5 Å². The number of H-pyrrole nitrogens is 1. The second kappa shape index (κ2) is 7.95. The molecule has 0 amide bonds. The number of hydrogen-bond donors (Lipinski definition) is 2. The zero-order chi connectivity index (χ0) is 23.3. The highest BCUT2D eigenvalue weighted by atomic mass is 32.2. The number of nitrogens with zero attached hydrogens (tertiary/aromatic N) is 2. The molecule has 33 heavy (non-hydrogen) atoms. The van der Waals surface area contributed by atoms with Gasteiger partial charge in [-0.15, -0.1) is 0 Å². The van der Waals surface area contributed by atoms with Crippen LogP contribution in [0.1, 0.15) is 37.8 Å². The number of fused-ring (bicyclic) bond motifs is 3. The molecule has 0 bridgehead atoms. The second-order valence-electron chi connectivity index (χ2n) is 8.21. The average molecular weight is 473 g/mol. The lowest BCUT2D eigenvalue weighted by Crippen LogP contribution is -2.17. The Morgan fingerprint density at radius 1 is 1.24 bits per heavy atom. The SMILES string of the molecule is CCCS(=O)(=O)Nc1ccc(F)c(-c2cc3cnc4n[nH]c(C5CC5)c4c3cc2OC)c1F. The van der Waals surface area contributed by atoms with Gasteiger partial charge in [0.25, 0.3) is 0 Å². The number of aromatic nitrogens is 3. The van der Waals surface area contributed by atoms with Crippen LogP contribution in [0.4, 0.5) is 14.5 Å². The van der Waals surface area contributed by atoms with Crippen molar-refractivity contribution in [3.63, 3.8) is 0 Å². The van der Waals surface area contributed by atoms with Crippen molar-refractivity contribution in [3.8, 4) is 16.9 Å². The first-order valence-corrected chi connectivity index (χ1v) is 12.3. The second-order valence-corrected chi connectivity index (χ2v) is 10.1. The van der Waals surface area contributed by atoms with Gasteiger partial charge in [0.15, 0.2) is 11.5 Å². The van der Waals surface area contributed by atoms with Gasteiger partial charge in [0.2, 0.25) is 10.0 Å². The number of ether oxygens (including phenoxy) is 1. The van der Waals surface area contributed by atoms with Crippen molar-refractivity contribution in [2.75, 3.05) is 17.6 Å². The minimum Gasteiger partial charge on any atom is -0.496 e. The third-order valence-electron chi connectivity index (χ3n) is 5.83. The molecule has 2 heterocycles. The summed E-state index contributed by atoms with van der Waals surface area (Å²) >= 11 is 0. The van der Waals surface area contributed by atoms with Crippen molar-refractivity contribution >= 4 is 37.5 Å². The highest BCUT2D eigenvalue weighted by molar-refractivity contribution is 7.92. The molecule has 0 aliphatic heterocycles. The predicted octanol–water partition coefficient (Wildman–Crippen LogP) is 5.09. The van der Waals surface area contributed by atoms with Gasteiger partial charge in [0.05, 0.1) is 29.5 Å². The average Bonchev–Trinajstić information content (AvgIpc) is 3.53. The fraction of sp³-hybridized carbons (Fsp3) is 0.304. The normalized spacial score (nSPS) is 14.2. The Kier molecular flexibility index (Phi) is 5.19. The van der Waals surface area contributed by atoms with Crippen molar-refractivity contribution < 1.29 is 21.9 Å². The van der Waals surface area contributed by atoms with Gasteiger partial charge >= 0.3 is 0 Å². The number of sulfonamides is 1. The first kappa shape index (κ1) is 21.6.